The van der Waals surface area contributed by atoms with E-state index in [4.69, 9.17) is 17.3 Å². The number of hydrogen-bond donors (Lipinski definition) is 2. The number of benzene rings is 1. The van der Waals surface area contributed by atoms with E-state index >= 15 is 0 Å². The molecule has 1 aromatic rings. The third-order valence-electron chi connectivity index (χ3n) is 3.29. The maximum atomic E-state index is 6.12. The molecule has 108 valence electrons. The molecule has 1 unspecified atom stereocenters. The van der Waals surface area contributed by atoms with E-state index in [1.165, 1.54) is 0 Å². The molecule has 0 bridgehead atoms. The summed E-state index contributed by atoms with van der Waals surface area (Å²) < 4.78 is 0.914. The Morgan fingerprint density at radius 3 is 2.58 bits per heavy atom. The second-order valence-corrected chi connectivity index (χ2v) is 5.70. The third-order valence-corrected chi connectivity index (χ3v) is 4.53. The van der Waals surface area contributed by atoms with Gasteiger partial charge in [0.05, 0.1) is 5.02 Å². The van der Waals surface area contributed by atoms with E-state index in [9.17, 15) is 0 Å². The molecule has 0 saturated carbocycles. The van der Waals surface area contributed by atoms with Crippen molar-refractivity contribution in [2.45, 2.75) is 19.9 Å². The van der Waals surface area contributed by atoms with E-state index in [2.05, 4.69) is 46.1 Å². The lowest BCUT2D eigenvalue weighted by Gasteiger charge is -2.22. The zero-order chi connectivity index (χ0) is 14.3. The van der Waals surface area contributed by atoms with Gasteiger partial charge in [-0.3, -0.25) is 0 Å². The van der Waals surface area contributed by atoms with Crippen LogP contribution in [0.2, 0.25) is 5.02 Å². The molecule has 0 saturated heterocycles. The SMILES string of the molecule is CCN(CC)CCNC(CN)c1ccc(Br)c(Cl)c1. The largest absolute Gasteiger partial charge is 0.329 e. The van der Waals surface area contributed by atoms with Crippen LogP contribution in [-0.2, 0) is 0 Å². The molecular formula is C14H23BrClN3. The fraction of sp³-hybridized carbons (Fsp3) is 0.571. The number of rotatable bonds is 8. The van der Waals surface area contributed by atoms with Gasteiger partial charge in [0.2, 0.25) is 0 Å². The van der Waals surface area contributed by atoms with Crippen LogP contribution in [0.4, 0.5) is 0 Å². The highest BCUT2D eigenvalue weighted by Gasteiger charge is 2.10. The molecule has 0 amide bonds. The molecule has 0 heterocycles. The van der Waals surface area contributed by atoms with Crippen molar-refractivity contribution in [3.63, 3.8) is 0 Å². The molecule has 1 atom stereocenters. The van der Waals surface area contributed by atoms with Gasteiger partial charge < -0.3 is 16.0 Å². The van der Waals surface area contributed by atoms with Gasteiger partial charge >= 0.3 is 0 Å². The van der Waals surface area contributed by atoms with Crippen molar-refractivity contribution in [3.05, 3.63) is 33.3 Å². The topological polar surface area (TPSA) is 41.3 Å². The summed E-state index contributed by atoms with van der Waals surface area (Å²) in [6, 6.07) is 6.14. The predicted octanol–water partition coefficient (Wildman–Crippen LogP) is 3.03. The van der Waals surface area contributed by atoms with Gasteiger partial charge in [-0.05, 0) is 46.7 Å². The van der Waals surface area contributed by atoms with Gasteiger partial charge in [-0.15, -0.1) is 0 Å². The predicted molar refractivity (Wildman–Crippen MR) is 86.7 cm³/mol. The second-order valence-electron chi connectivity index (χ2n) is 4.44. The van der Waals surface area contributed by atoms with E-state index in [0.717, 1.165) is 41.2 Å². The van der Waals surface area contributed by atoms with Crippen molar-refractivity contribution >= 4 is 27.5 Å². The Morgan fingerprint density at radius 1 is 1.37 bits per heavy atom. The first-order valence-corrected chi connectivity index (χ1v) is 7.90. The minimum atomic E-state index is 0.154. The molecule has 1 aromatic carbocycles. The van der Waals surface area contributed by atoms with Crippen LogP contribution in [-0.4, -0.2) is 37.6 Å². The van der Waals surface area contributed by atoms with Crippen molar-refractivity contribution in [3.8, 4) is 0 Å². The summed E-state index contributed by atoms with van der Waals surface area (Å²) in [6.07, 6.45) is 0. The summed E-state index contributed by atoms with van der Waals surface area (Å²) in [6.45, 7) is 9.04. The maximum Gasteiger partial charge on any atom is 0.0551 e. The highest BCUT2D eigenvalue weighted by atomic mass is 79.9. The Kier molecular flexibility index (Phi) is 7.95. The minimum absolute atomic E-state index is 0.154. The molecule has 0 aliphatic rings. The molecule has 3 nitrogen and oxygen atoms in total. The summed E-state index contributed by atoms with van der Waals surface area (Å²) in [5, 5.41) is 4.21. The quantitative estimate of drug-likeness (QED) is 0.759. The standard InChI is InChI=1S/C14H23BrClN3/c1-3-19(4-2)8-7-18-14(10-17)11-5-6-12(15)13(16)9-11/h5-6,9,14,18H,3-4,7-8,10,17H2,1-2H3. The molecule has 0 aliphatic heterocycles. The van der Waals surface area contributed by atoms with Crippen LogP contribution in [0.3, 0.4) is 0 Å². The van der Waals surface area contributed by atoms with Crippen LogP contribution in [0.1, 0.15) is 25.5 Å². The summed E-state index contributed by atoms with van der Waals surface area (Å²) in [5.41, 5.74) is 6.98. The molecule has 19 heavy (non-hydrogen) atoms. The van der Waals surface area contributed by atoms with Gasteiger partial charge in [0.1, 0.15) is 0 Å². The molecule has 1 rings (SSSR count). The molecule has 0 radical (unpaired) electrons. The Labute approximate surface area is 129 Å². The third kappa shape index (κ3) is 5.40. The first kappa shape index (κ1) is 16.9. The molecule has 0 spiro atoms. The maximum absolute atomic E-state index is 6.12. The van der Waals surface area contributed by atoms with Gasteiger partial charge in [-0.2, -0.15) is 0 Å². The van der Waals surface area contributed by atoms with E-state index in [1.807, 2.05) is 12.1 Å². The number of likely N-dealkylation sites (N-methyl/N-ethyl adjacent to an activating group) is 1. The summed E-state index contributed by atoms with van der Waals surface area (Å²) in [7, 11) is 0. The molecule has 0 aliphatic carbocycles. The lowest BCUT2D eigenvalue weighted by atomic mass is 10.1. The summed E-state index contributed by atoms with van der Waals surface area (Å²) >= 11 is 9.52. The highest BCUT2D eigenvalue weighted by molar-refractivity contribution is 9.10. The van der Waals surface area contributed by atoms with Gasteiger partial charge in [-0.1, -0.05) is 31.5 Å². The van der Waals surface area contributed by atoms with Gasteiger partial charge in [0.25, 0.3) is 0 Å². The first-order valence-electron chi connectivity index (χ1n) is 6.73. The fourth-order valence-electron chi connectivity index (χ4n) is 2.00. The lowest BCUT2D eigenvalue weighted by Crippen LogP contribution is -2.36. The Bertz CT molecular complexity index is 383. The number of halogens is 2. The van der Waals surface area contributed by atoms with E-state index in [0.29, 0.717) is 6.54 Å². The minimum Gasteiger partial charge on any atom is -0.329 e. The van der Waals surface area contributed by atoms with E-state index in [-0.39, 0.29) is 6.04 Å². The molecular weight excluding hydrogens is 326 g/mol. The van der Waals surface area contributed by atoms with Gasteiger partial charge in [0.15, 0.2) is 0 Å². The van der Waals surface area contributed by atoms with Crippen LogP contribution in [0, 0.1) is 0 Å². The van der Waals surface area contributed by atoms with Crippen LogP contribution in [0.5, 0.6) is 0 Å². The zero-order valence-electron chi connectivity index (χ0n) is 11.6. The van der Waals surface area contributed by atoms with Crippen molar-refractivity contribution in [1.82, 2.24) is 10.2 Å². The van der Waals surface area contributed by atoms with Crippen LogP contribution in [0.25, 0.3) is 0 Å². The molecule has 3 N–H and O–H groups in total. The van der Waals surface area contributed by atoms with Crippen molar-refractivity contribution in [2.24, 2.45) is 5.73 Å². The molecule has 5 heteroatoms. The van der Waals surface area contributed by atoms with Crippen molar-refractivity contribution in [2.75, 3.05) is 32.7 Å². The Hall–Kier alpha value is -0.130. The van der Waals surface area contributed by atoms with Crippen molar-refractivity contribution < 1.29 is 0 Å². The normalized spacial score (nSPS) is 12.9. The highest BCUT2D eigenvalue weighted by Crippen LogP contribution is 2.25. The monoisotopic (exact) mass is 347 g/mol. The Morgan fingerprint density at radius 2 is 2.05 bits per heavy atom. The van der Waals surface area contributed by atoms with Crippen LogP contribution in [0.15, 0.2) is 22.7 Å². The zero-order valence-corrected chi connectivity index (χ0v) is 14.0. The smallest absolute Gasteiger partial charge is 0.0551 e. The first-order chi connectivity index (χ1) is 9.12. The van der Waals surface area contributed by atoms with Crippen LogP contribution >= 0.6 is 27.5 Å². The molecule has 0 aromatic heterocycles. The number of nitrogens with zero attached hydrogens (tertiary/aromatic N) is 1. The lowest BCUT2D eigenvalue weighted by molar-refractivity contribution is 0.297. The number of nitrogens with one attached hydrogen (secondary N) is 1. The fourth-order valence-corrected chi connectivity index (χ4v) is 2.44. The van der Waals surface area contributed by atoms with Gasteiger partial charge in [-0.25, -0.2) is 0 Å². The average Bonchev–Trinajstić information content (AvgIpc) is 2.42. The molecule has 0 fully saturated rings. The Balaban J connectivity index is 2.55. The van der Waals surface area contributed by atoms with Crippen molar-refractivity contribution in [1.29, 1.82) is 0 Å². The van der Waals surface area contributed by atoms with Gasteiger partial charge in [0, 0.05) is 30.1 Å². The second kappa shape index (κ2) is 8.93. The average molecular weight is 349 g/mol. The summed E-state index contributed by atoms with van der Waals surface area (Å²) in [4.78, 5) is 2.38. The number of nitrogens with two attached hydrogens (primary N) is 1. The van der Waals surface area contributed by atoms with Crippen LogP contribution < -0.4 is 11.1 Å². The summed E-state index contributed by atoms with van der Waals surface area (Å²) in [5.74, 6) is 0. The van der Waals surface area contributed by atoms with E-state index < -0.39 is 0 Å². The van der Waals surface area contributed by atoms with E-state index in [1.54, 1.807) is 0 Å². The number of hydrogen-bond acceptors (Lipinski definition) is 3.